The summed E-state index contributed by atoms with van der Waals surface area (Å²) in [4.78, 5) is 0. The van der Waals surface area contributed by atoms with Gasteiger partial charge in [-0.2, -0.15) is 26.3 Å². The van der Waals surface area contributed by atoms with Crippen LogP contribution in [0.15, 0.2) is 48.5 Å². The highest BCUT2D eigenvalue weighted by molar-refractivity contribution is 5.35. The van der Waals surface area contributed by atoms with Gasteiger partial charge in [-0.05, 0) is 74.0 Å². The van der Waals surface area contributed by atoms with Gasteiger partial charge >= 0.3 is 12.4 Å². The Labute approximate surface area is 200 Å². The van der Waals surface area contributed by atoms with Crippen LogP contribution in [0.3, 0.4) is 0 Å². The molecule has 1 atom stereocenters. The summed E-state index contributed by atoms with van der Waals surface area (Å²) in [7, 11) is 0. The minimum atomic E-state index is -4.92. The van der Waals surface area contributed by atoms with Crippen molar-refractivity contribution in [2.24, 2.45) is 5.92 Å². The summed E-state index contributed by atoms with van der Waals surface area (Å²) in [6.07, 6.45) is -7.40. The molecule has 2 aromatic rings. The van der Waals surface area contributed by atoms with Gasteiger partial charge in [0.05, 0.1) is 24.3 Å². The first-order chi connectivity index (χ1) is 16.6. The van der Waals surface area contributed by atoms with Gasteiger partial charge in [-0.15, -0.1) is 0 Å². The first kappa shape index (κ1) is 26.0. The molecule has 35 heavy (non-hydrogen) atoms. The van der Waals surface area contributed by atoms with Crippen molar-refractivity contribution < 1.29 is 35.8 Å². The van der Waals surface area contributed by atoms with E-state index in [1.54, 1.807) is 0 Å². The van der Waals surface area contributed by atoms with E-state index in [1.165, 1.54) is 0 Å². The molecular weight excluding hydrogens is 472 g/mol. The van der Waals surface area contributed by atoms with Gasteiger partial charge < -0.3 is 14.8 Å². The number of rotatable bonds is 9. The van der Waals surface area contributed by atoms with E-state index in [2.05, 4.69) is 5.32 Å². The second-order valence-corrected chi connectivity index (χ2v) is 9.52. The van der Waals surface area contributed by atoms with E-state index in [-0.39, 0.29) is 24.8 Å². The van der Waals surface area contributed by atoms with Crippen LogP contribution >= 0.6 is 0 Å². The number of benzene rings is 2. The fourth-order valence-electron chi connectivity index (χ4n) is 4.51. The lowest BCUT2D eigenvalue weighted by atomic mass is 9.74. The molecule has 2 aliphatic rings. The number of hydrogen-bond acceptors (Lipinski definition) is 3. The topological polar surface area (TPSA) is 30.5 Å². The van der Waals surface area contributed by atoms with Crippen LogP contribution in [0.4, 0.5) is 26.3 Å². The summed E-state index contributed by atoms with van der Waals surface area (Å²) in [5.74, 6) is 0.392. The number of piperidine rings is 1. The highest BCUT2D eigenvalue weighted by atomic mass is 19.4. The Morgan fingerprint density at radius 2 is 1.49 bits per heavy atom. The van der Waals surface area contributed by atoms with Crippen molar-refractivity contribution in [3.63, 3.8) is 0 Å². The molecule has 0 aromatic heterocycles. The number of halogens is 6. The first-order valence-electron chi connectivity index (χ1n) is 11.8. The molecule has 2 aromatic carbocycles. The van der Waals surface area contributed by atoms with Crippen molar-refractivity contribution in [1.29, 1.82) is 0 Å². The fraction of sp³-hybridized carbons (Fsp3) is 0.538. The fourth-order valence-corrected chi connectivity index (χ4v) is 4.51. The molecule has 1 aliphatic heterocycles. The third kappa shape index (κ3) is 6.77. The van der Waals surface area contributed by atoms with Crippen LogP contribution in [0.1, 0.15) is 54.0 Å². The molecule has 4 rings (SSSR count). The molecular formula is C26H29F6NO2. The minimum absolute atomic E-state index is 0.113. The van der Waals surface area contributed by atoms with Crippen molar-refractivity contribution in [1.82, 2.24) is 5.32 Å². The van der Waals surface area contributed by atoms with E-state index in [0.29, 0.717) is 12.5 Å². The molecule has 0 bridgehead atoms. The van der Waals surface area contributed by atoms with E-state index in [0.717, 1.165) is 56.5 Å². The Bertz CT molecular complexity index is 934. The van der Waals surface area contributed by atoms with E-state index in [1.807, 2.05) is 30.3 Å². The van der Waals surface area contributed by atoms with Gasteiger partial charge in [-0.25, -0.2) is 0 Å². The standard InChI is InChI=1S/C26H29F6NO2/c27-25(28,29)21-12-19(13-22(14-21)26(30,31)32)23(16-34-15-18-6-7-18)35-17-24(8-10-33-11-9-24)20-4-2-1-3-5-20/h1-5,12-14,18,23,33H,6-11,15-17H2. The van der Waals surface area contributed by atoms with Gasteiger partial charge in [0.25, 0.3) is 0 Å². The smallest absolute Gasteiger partial charge is 0.378 e. The quantitative estimate of drug-likeness (QED) is 0.397. The Hall–Kier alpha value is -2.10. The molecule has 0 radical (unpaired) electrons. The number of alkyl halides is 6. The number of hydrogen-bond donors (Lipinski definition) is 1. The van der Waals surface area contributed by atoms with E-state index < -0.39 is 35.0 Å². The predicted octanol–water partition coefficient (Wildman–Crippen LogP) is 6.53. The molecule has 9 heteroatoms. The largest absolute Gasteiger partial charge is 0.416 e. The molecule has 1 unspecified atom stereocenters. The van der Waals surface area contributed by atoms with Gasteiger partial charge in [0.15, 0.2) is 0 Å². The Morgan fingerprint density at radius 1 is 0.886 bits per heavy atom. The Kier molecular flexibility index (Phi) is 7.78. The van der Waals surface area contributed by atoms with Crippen LogP contribution in [-0.4, -0.2) is 32.9 Å². The molecule has 0 amide bonds. The highest BCUT2D eigenvalue weighted by Gasteiger charge is 2.39. The van der Waals surface area contributed by atoms with Crippen LogP contribution < -0.4 is 5.32 Å². The van der Waals surface area contributed by atoms with Crippen LogP contribution in [0.5, 0.6) is 0 Å². The molecule has 1 N–H and O–H groups in total. The second kappa shape index (κ2) is 10.5. The third-order valence-electron chi connectivity index (χ3n) is 6.81. The molecule has 2 fully saturated rings. The molecule has 3 nitrogen and oxygen atoms in total. The maximum absolute atomic E-state index is 13.5. The lowest BCUT2D eigenvalue weighted by molar-refractivity contribution is -0.143. The zero-order valence-corrected chi connectivity index (χ0v) is 19.2. The summed E-state index contributed by atoms with van der Waals surface area (Å²) in [6.45, 7) is 1.94. The van der Waals surface area contributed by atoms with Crippen LogP contribution in [-0.2, 0) is 27.2 Å². The molecule has 0 spiro atoms. The summed E-state index contributed by atoms with van der Waals surface area (Å²) in [5, 5.41) is 3.30. The zero-order chi connectivity index (χ0) is 25.1. The lowest BCUT2D eigenvalue weighted by Gasteiger charge is -2.39. The Morgan fingerprint density at radius 3 is 2.03 bits per heavy atom. The number of nitrogens with one attached hydrogen (secondary N) is 1. The summed E-state index contributed by atoms with van der Waals surface area (Å²) < 4.78 is 92.7. The van der Waals surface area contributed by atoms with Crippen LogP contribution in [0.25, 0.3) is 0 Å². The molecule has 1 aliphatic carbocycles. The molecule has 1 heterocycles. The summed E-state index contributed by atoms with van der Waals surface area (Å²) in [6, 6.07) is 11.3. The van der Waals surface area contributed by atoms with Crippen molar-refractivity contribution in [2.75, 3.05) is 32.9 Å². The second-order valence-electron chi connectivity index (χ2n) is 9.52. The molecule has 192 valence electrons. The van der Waals surface area contributed by atoms with E-state index in [4.69, 9.17) is 9.47 Å². The van der Waals surface area contributed by atoms with Gasteiger partial charge in [-0.1, -0.05) is 30.3 Å². The van der Waals surface area contributed by atoms with Crippen molar-refractivity contribution in [2.45, 2.75) is 49.6 Å². The average molecular weight is 502 g/mol. The lowest BCUT2D eigenvalue weighted by Crippen LogP contribution is -2.43. The van der Waals surface area contributed by atoms with Crippen LogP contribution in [0, 0.1) is 5.92 Å². The maximum atomic E-state index is 13.5. The van der Waals surface area contributed by atoms with E-state index in [9.17, 15) is 26.3 Å². The van der Waals surface area contributed by atoms with Crippen molar-refractivity contribution in [3.8, 4) is 0 Å². The highest BCUT2D eigenvalue weighted by Crippen LogP contribution is 2.40. The Balaban J connectivity index is 1.64. The summed E-state index contributed by atoms with van der Waals surface area (Å²) in [5.41, 5.74) is -2.23. The monoisotopic (exact) mass is 501 g/mol. The van der Waals surface area contributed by atoms with Crippen molar-refractivity contribution >= 4 is 0 Å². The predicted molar refractivity (Wildman–Crippen MR) is 119 cm³/mol. The molecule has 1 saturated carbocycles. The van der Waals surface area contributed by atoms with Gasteiger partial charge in [0.1, 0.15) is 6.10 Å². The van der Waals surface area contributed by atoms with Gasteiger partial charge in [0.2, 0.25) is 0 Å². The molecule has 1 saturated heterocycles. The normalized spacial score (nSPS) is 19.5. The van der Waals surface area contributed by atoms with Crippen LogP contribution in [0.2, 0.25) is 0 Å². The summed E-state index contributed by atoms with van der Waals surface area (Å²) >= 11 is 0. The average Bonchev–Trinajstić information content (AvgIpc) is 3.65. The number of ether oxygens (including phenoxy) is 2. The van der Waals surface area contributed by atoms with Gasteiger partial charge in [0, 0.05) is 12.0 Å². The SMILES string of the molecule is FC(F)(F)c1cc(C(COCC2CC2)OCC2(c3ccccc3)CCNCC2)cc(C(F)(F)F)c1. The van der Waals surface area contributed by atoms with E-state index >= 15 is 0 Å². The maximum Gasteiger partial charge on any atom is 0.416 e. The van der Waals surface area contributed by atoms with Gasteiger partial charge in [-0.3, -0.25) is 0 Å². The zero-order valence-electron chi connectivity index (χ0n) is 19.2. The first-order valence-corrected chi connectivity index (χ1v) is 11.8. The third-order valence-corrected chi connectivity index (χ3v) is 6.81. The van der Waals surface area contributed by atoms with Crippen molar-refractivity contribution in [3.05, 3.63) is 70.8 Å². The minimum Gasteiger partial charge on any atom is -0.378 e.